The van der Waals surface area contributed by atoms with Gasteiger partial charge >= 0.3 is 0 Å². The summed E-state index contributed by atoms with van der Waals surface area (Å²) in [6.45, 7) is 9.18. The Balaban J connectivity index is 1.18. The molecular weight excluding hydrogens is 490 g/mol. The lowest BCUT2D eigenvalue weighted by molar-refractivity contribution is -0.127. The number of rotatable bonds is 5. The number of nitrogens with zero attached hydrogens (tertiary/aromatic N) is 9. The van der Waals surface area contributed by atoms with Crippen LogP contribution in [-0.4, -0.2) is 85.4 Å². The van der Waals surface area contributed by atoms with Crippen molar-refractivity contribution in [3.63, 3.8) is 0 Å². The predicted molar refractivity (Wildman–Crippen MR) is 149 cm³/mol. The van der Waals surface area contributed by atoms with Crippen LogP contribution in [0.4, 0.5) is 5.69 Å². The number of aromatic nitrogens is 5. The maximum atomic E-state index is 11.9. The molecule has 10 heteroatoms. The summed E-state index contributed by atoms with van der Waals surface area (Å²) < 4.78 is 3.47. The van der Waals surface area contributed by atoms with E-state index in [1.54, 1.807) is 21.6 Å². The second kappa shape index (κ2) is 10.3. The Labute approximate surface area is 227 Å². The number of carbonyl (C=O) groups is 1. The lowest BCUT2D eigenvalue weighted by Crippen LogP contribution is -2.53. The predicted octanol–water partition coefficient (Wildman–Crippen LogP) is 2.97. The van der Waals surface area contributed by atoms with Crippen molar-refractivity contribution in [1.29, 1.82) is 5.26 Å². The van der Waals surface area contributed by atoms with Crippen LogP contribution in [0.5, 0.6) is 0 Å². The van der Waals surface area contributed by atoms with Gasteiger partial charge in [0.05, 0.1) is 30.0 Å². The van der Waals surface area contributed by atoms with Crippen LogP contribution in [0.3, 0.4) is 0 Å². The minimum absolute atomic E-state index is 0.0403. The summed E-state index contributed by atoms with van der Waals surface area (Å²) in [6, 6.07) is 11.2. The number of benzene rings is 1. The van der Waals surface area contributed by atoms with E-state index in [2.05, 4.69) is 56.9 Å². The molecule has 39 heavy (non-hydrogen) atoms. The van der Waals surface area contributed by atoms with Gasteiger partial charge in [0.15, 0.2) is 0 Å². The zero-order valence-corrected chi connectivity index (χ0v) is 22.1. The first-order valence-corrected chi connectivity index (χ1v) is 13.3. The second-order valence-corrected chi connectivity index (χ2v) is 10.2. The second-order valence-electron chi connectivity index (χ2n) is 10.2. The van der Waals surface area contributed by atoms with E-state index in [0.717, 1.165) is 74.6 Å². The fourth-order valence-electron chi connectivity index (χ4n) is 5.75. The van der Waals surface area contributed by atoms with E-state index in [1.165, 1.54) is 11.8 Å². The molecule has 2 fully saturated rings. The highest BCUT2D eigenvalue weighted by molar-refractivity contribution is 5.87. The van der Waals surface area contributed by atoms with Gasteiger partial charge < -0.3 is 9.80 Å². The number of nitriles is 1. The quantitative estimate of drug-likeness (QED) is 0.373. The van der Waals surface area contributed by atoms with E-state index >= 15 is 0 Å². The van der Waals surface area contributed by atoms with Crippen molar-refractivity contribution in [2.24, 2.45) is 7.05 Å². The molecule has 4 aromatic rings. The highest BCUT2D eigenvalue weighted by Crippen LogP contribution is 2.30. The van der Waals surface area contributed by atoms with Crippen LogP contribution in [0.15, 0.2) is 61.7 Å². The number of likely N-dealkylation sites (tertiary alicyclic amines) is 1. The maximum absolute atomic E-state index is 11.9. The van der Waals surface area contributed by atoms with Crippen LogP contribution in [0.1, 0.15) is 18.4 Å². The summed E-state index contributed by atoms with van der Waals surface area (Å²) >= 11 is 0. The molecular formula is C29H31N9O. The molecule has 0 aliphatic carbocycles. The molecule has 3 aromatic heterocycles. The Kier molecular flexibility index (Phi) is 6.59. The first kappa shape index (κ1) is 24.8. The summed E-state index contributed by atoms with van der Waals surface area (Å²) in [5.74, 6) is 0.0403. The van der Waals surface area contributed by atoms with Crippen molar-refractivity contribution in [2.45, 2.75) is 18.9 Å². The molecule has 2 saturated heterocycles. The molecule has 0 saturated carbocycles. The van der Waals surface area contributed by atoms with Crippen molar-refractivity contribution in [2.75, 3.05) is 44.2 Å². The average molecular weight is 522 g/mol. The van der Waals surface area contributed by atoms with E-state index in [-0.39, 0.29) is 5.91 Å². The zero-order valence-electron chi connectivity index (χ0n) is 22.1. The van der Waals surface area contributed by atoms with Gasteiger partial charge in [-0.05, 0) is 31.1 Å². The maximum Gasteiger partial charge on any atom is 0.245 e. The molecule has 0 unspecified atom stereocenters. The van der Waals surface area contributed by atoms with E-state index in [9.17, 15) is 10.1 Å². The van der Waals surface area contributed by atoms with Gasteiger partial charge in [0.25, 0.3) is 0 Å². The summed E-state index contributed by atoms with van der Waals surface area (Å²) in [5.41, 5.74) is 5.68. The smallest absolute Gasteiger partial charge is 0.245 e. The largest absolute Gasteiger partial charge is 0.369 e. The van der Waals surface area contributed by atoms with Gasteiger partial charge in [-0.3, -0.25) is 14.4 Å². The molecule has 0 bridgehead atoms. The highest BCUT2D eigenvalue weighted by Gasteiger charge is 2.28. The number of piperazine rings is 1. The number of aryl methyl sites for hydroxylation is 1. The third kappa shape index (κ3) is 4.77. The SMILES string of the molecule is C=CC(=O)N1CCC(N2CCN(c3ccc(-c4nc(-c5cnn(C)c5)cn5ncc(C#N)c45)cc3)CC2)CC1. The van der Waals surface area contributed by atoms with Crippen molar-refractivity contribution in [3.05, 3.63) is 67.3 Å². The number of hydrogen-bond acceptors (Lipinski definition) is 7. The molecule has 0 spiro atoms. The number of fused-ring (bicyclic) bond motifs is 1. The summed E-state index contributed by atoms with van der Waals surface area (Å²) in [7, 11) is 1.87. The van der Waals surface area contributed by atoms with Crippen LogP contribution >= 0.6 is 0 Å². The van der Waals surface area contributed by atoms with Crippen LogP contribution in [-0.2, 0) is 11.8 Å². The third-order valence-corrected chi connectivity index (χ3v) is 7.91. The first-order valence-electron chi connectivity index (χ1n) is 13.3. The van der Waals surface area contributed by atoms with Gasteiger partial charge in [0.1, 0.15) is 17.1 Å². The molecule has 1 aromatic carbocycles. The average Bonchev–Trinajstić information content (AvgIpc) is 3.62. The van der Waals surface area contributed by atoms with Gasteiger partial charge in [-0.25, -0.2) is 9.50 Å². The first-order chi connectivity index (χ1) is 19.0. The third-order valence-electron chi connectivity index (χ3n) is 7.91. The van der Waals surface area contributed by atoms with E-state index < -0.39 is 0 Å². The minimum Gasteiger partial charge on any atom is -0.369 e. The summed E-state index contributed by atoms with van der Waals surface area (Å²) in [4.78, 5) is 23.7. The van der Waals surface area contributed by atoms with E-state index in [0.29, 0.717) is 17.1 Å². The van der Waals surface area contributed by atoms with Gasteiger partial charge in [0, 0.05) is 75.4 Å². The number of piperidine rings is 1. The van der Waals surface area contributed by atoms with Crippen LogP contribution in [0.25, 0.3) is 28.0 Å². The molecule has 10 nitrogen and oxygen atoms in total. The molecule has 0 atom stereocenters. The molecule has 2 aliphatic heterocycles. The normalized spacial score (nSPS) is 16.9. The summed E-state index contributed by atoms with van der Waals surface area (Å²) in [6.07, 6.45) is 10.6. The molecule has 0 radical (unpaired) electrons. The van der Waals surface area contributed by atoms with Crippen LogP contribution < -0.4 is 4.90 Å². The molecule has 2 aliphatic rings. The number of carbonyl (C=O) groups excluding carboxylic acids is 1. The monoisotopic (exact) mass is 521 g/mol. The Morgan fingerprint density at radius 3 is 2.38 bits per heavy atom. The number of amides is 1. The van der Waals surface area contributed by atoms with Crippen LogP contribution in [0, 0.1) is 11.3 Å². The molecule has 0 N–H and O–H groups in total. The van der Waals surface area contributed by atoms with Crippen molar-refractivity contribution < 1.29 is 4.79 Å². The van der Waals surface area contributed by atoms with Crippen molar-refractivity contribution >= 4 is 17.1 Å². The Bertz CT molecular complexity index is 1550. The fraction of sp³-hybridized carbons (Fsp3) is 0.345. The highest BCUT2D eigenvalue weighted by atomic mass is 16.2. The molecule has 6 rings (SSSR count). The van der Waals surface area contributed by atoms with E-state index in [4.69, 9.17) is 4.98 Å². The van der Waals surface area contributed by atoms with Gasteiger partial charge in [-0.15, -0.1) is 0 Å². The Morgan fingerprint density at radius 1 is 1.00 bits per heavy atom. The van der Waals surface area contributed by atoms with Crippen molar-refractivity contribution in [3.8, 4) is 28.6 Å². The standard InChI is InChI=1S/C29H31N9O/c1-3-27(39)37-10-8-25(9-11-37)36-14-12-35(13-15-36)24-6-4-21(5-7-24)28-29-22(16-30)17-32-38(29)20-26(33-28)23-18-31-34(2)19-23/h3-7,17-20,25H,1,8-15H2,2H3. The summed E-state index contributed by atoms with van der Waals surface area (Å²) in [5, 5.41) is 18.4. The molecule has 5 heterocycles. The van der Waals surface area contributed by atoms with Crippen LogP contribution in [0.2, 0.25) is 0 Å². The molecule has 1 amide bonds. The lowest BCUT2D eigenvalue weighted by atomic mass is 10.0. The van der Waals surface area contributed by atoms with Gasteiger partial charge in [0.2, 0.25) is 5.91 Å². The number of anilines is 1. The number of hydrogen-bond donors (Lipinski definition) is 0. The van der Waals surface area contributed by atoms with Crippen molar-refractivity contribution in [1.82, 2.24) is 34.2 Å². The fourth-order valence-corrected chi connectivity index (χ4v) is 5.75. The Hall–Kier alpha value is -4.49. The van der Waals surface area contributed by atoms with Gasteiger partial charge in [-0.2, -0.15) is 15.5 Å². The van der Waals surface area contributed by atoms with Gasteiger partial charge in [-0.1, -0.05) is 18.7 Å². The topological polar surface area (TPSA) is 98.6 Å². The lowest BCUT2D eigenvalue weighted by Gasteiger charge is -2.43. The van der Waals surface area contributed by atoms with E-state index in [1.807, 2.05) is 24.3 Å². The zero-order chi connectivity index (χ0) is 26.9. The minimum atomic E-state index is 0.0403. The molecule has 198 valence electrons. The Morgan fingerprint density at radius 2 is 1.74 bits per heavy atom.